The number of rotatable bonds is 5. The van der Waals surface area contributed by atoms with Crippen LogP contribution in [-0.4, -0.2) is 70.9 Å². The number of halogens is 3. The van der Waals surface area contributed by atoms with Gasteiger partial charge in [0.15, 0.2) is 11.5 Å². The summed E-state index contributed by atoms with van der Waals surface area (Å²) in [5.41, 5.74) is 3.08. The predicted octanol–water partition coefficient (Wildman–Crippen LogP) is 3.41. The van der Waals surface area contributed by atoms with E-state index >= 15 is 0 Å². The number of carbonyl (C=O) groups is 2. The lowest BCUT2D eigenvalue weighted by Gasteiger charge is -2.35. The largest absolute Gasteiger partial charge is 0.508 e. The summed E-state index contributed by atoms with van der Waals surface area (Å²) in [7, 11) is 0. The Hall–Kier alpha value is -4.15. The first-order valence-electron chi connectivity index (χ1n) is 11.2. The van der Waals surface area contributed by atoms with Crippen molar-refractivity contribution in [2.24, 2.45) is 0 Å². The third kappa shape index (κ3) is 5.91. The minimum atomic E-state index is -4.51. The summed E-state index contributed by atoms with van der Waals surface area (Å²) >= 11 is 0. The minimum absolute atomic E-state index is 0.0945. The van der Waals surface area contributed by atoms with Crippen molar-refractivity contribution in [1.82, 2.24) is 20.4 Å². The first-order valence-corrected chi connectivity index (χ1v) is 11.2. The van der Waals surface area contributed by atoms with Crippen LogP contribution in [0, 0.1) is 6.92 Å². The van der Waals surface area contributed by atoms with Gasteiger partial charge in [0.2, 0.25) is 0 Å². The van der Waals surface area contributed by atoms with Gasteiger partial charge in [0.05, 0.1) is 0 Å². The number of aromatic hydroxyl groups is 1. The van der Waals surface area contributed by atoms with Gasteiger partial charge in [0, 0.05) is 31.7 Å². The Morgan fingerprint density at radius 1 is 1.00 bits per heavy atom. The molecule has 2 N–H and O–H groups in total. The van der Waals surface area contributed by atoms with Gasteiger partial charge in [0.25, 0.3) is 11.8 Å². The summed E-state index contributed by atoms with van der Waals surface area (Å²) in [6.45, 7) is 2.34. The fourth-order valence-corrected chi connectivity index (χ4v) is 4.00. The molecule has 0 bridgehead atoms. The molecule has 11 heteroatoms. The smallest absolute Gasteiger partial charge is 0.405 e. The van der Waals surface area contributed by atoms with E-state index in [1.807, 2.05) is 30.0 Å². The molecular weight excluding hydrogens is 475 g/mol. The maximum Gasteiger partial charge on any atom is 0.405 e. The molecule has 0 spiro atoms. The second-order valence-corrected chi connectivity index (χ2v) is 8.43. The van der Waals surface area contributed by atoms with Crippen molar-refractivity contribution >= 4 is 17.6 Å². The van der Waals surface area contributed by atoms with E-state index in [2.05, 4.69) is 10.2 Å². The van der Waals surface area contributed by atoms with E-state index in [1.54, 1.807) is 34.5 Å². The molecule has 4 rings (SSSR count). The second-order valence-electron chi connectivity index (χ2n) is 8.43. The second kappa shape index (κ2) is 10.2. The molecule has 1 fully saturated rings. The average molecular weight is 499 g/mol. The molecule has 2 amide bonds. The highest BCUT2D eigenvalue weighted by atomic mass is 19.4. The van der Waals surface area contributed by atoms with Gasteiger partial charge >= 0.3 is 6.18 Å². The highest BCUT2D eigenvalue weighted by Gasteiger charge is 2.28. The molecule has 0 unspecified atom stereocenters. The molecule has 8 nitrogen and oxygen atoms in total. The van der Waals surface area contributed by atoms with Crippen molar-refractivity contribution in [3.8, 4) is 16.9 Å². The van der Waals surface area contributed by atoms with Gasteiger partial charge < -0.3 is 20.2 Å². The van der Waals surface area contributed by atoms with Crippen LogP contribution in [0.15, 0.2) is 54.6 Å². The molecule has 1 aliphatic heterocycles. The Morgan fingerprint density at radius 2 is 1.75 bits per heavy atom. The van der Waals surface area contributed by atoms with Gasteiger partial charge in [-0.25, -0.2) is 0 Å². The number of alkyl halides is 3. The van der Waals surface area contributed by atoms with Crippen LogP contribution < -0.4 is 10.2 Å². The lowest BCUT2D eigenvalue weighted by Crippen LogP contribution is -2.49. The molecule has 2 heterocycles. The van der Waals surface area contributed by atoms with Crippen LogP contribution in [0.3, 0.4) is 0 Å². The number of carbonyl (C=O) groups excluding carboxylic acids is 2. The summed E-state index contributed by atoms with van der Waals surface area (Å²) in [5.74, 6) is -0.398. The average Bonchev–Trinajstić information content (AvgIpc) is 2.86. The maximum absolute atomic E-state index is 13.1. The van der Waals surface area contributed by atoms with Crippen molar-refractivity contribution in [2.45, 2.75) is 13.1 Å². The molecule has 3 aromatic rings. The molecule has 0 radical (unpaired) electrons. The first-order chi connectivity index (χ1) is 17.1. The van der Waals surface area contributed by atoms with Gasteiger partial charge in [-0.15, -0.1) is 10.2 Å². The number of aryl methyl sites for hydroxylation is 1. The van der Waals surface area contributed by atoms with Crippen LogP contribution in [-0.2, 0) is 0 Å². The Bertz CT molecular complexity index is 1260. The number of benzene rings is 2. The van der Waals surface area contributed by atoms with Crippen LogP contribution in [0.25, 0.3) is 11.1 Å². The lowest BCUT2D eigenvalue weighted by atomic mass is 9.98. The molecule has 0 atom stereocenters. The van der Waals surface area contributed by atoms with Crippen molar-refractivity contribution in [1.29, 1.82) is 0 Å². The highest BCUT2D eigenvalue weighted by Crippen LogP contribution is 2.27. The van der Waals surface area contributed by atoms with E-state index in [9.17, 15) is 27.9 Å². The van der Waals surface area contributed by atoms with Crippen LogP contribution in [0.4, 0.5) is 19.0 Å². The number of phenols is 1. The number of piperazine rings is 1. The topological polar surface area (TPSA) is 98.7 Å². The molecule has 2 aromatic carbocycles. The van der Waals surface area contributed by atoms with Gasteiger partial charge in [-0.3, -0.25) is 9.59 Å². The summed E-state index contributed by atoms with van der Waals surface area (Å²) in [4.78, 5) is 28.5. The van der Waals surface area contributed by atoms with E-state index in [0.29, 0.717) is 37.6 Å². The highest BCUT2D eigenvalue weighted by molar-refractivity contribution is 5.95. The zero-order valence-corrected chi connectivity index (χ0v) is 19.4. The standard InChI is InChI=1S/C25H24F3N5O3/c1-16-13-18(5-6-20(16)17-3-2-4-19(34)14-17)24(36)33-11-9-32(10-12-33)22-8-7-21(30-31-22)23(35)29-15-25(26,27)28/h2-8,13-14,34H,9-12,15H2,1H3,(H,29,35). The Morgan fingerprint density at radius 3 is 2.36 bits per heavy atom. The normalized spacial score (nSPS) is 14.0. The summed E-state index contributed by atoms with van der Waals surface area (Å²) < 4.78 is 36.8. The number of hydrogen-bond donors (Lipinski definition) is 2. The van der Waals surface area contributed by atoms with Crippen molar-refractivity contribution in [2.75, 3.05) is 37.6 Å². The van der Waals surface area contributed by atoms with E-state index in [-0.39, 0.29) is 17.4 Å². The number of nitrogens with zero attached hydrogens (tertiary/aromatic N) is 4. The summed E-state index contributed by atoms with van der Waals surface area (Å²) in [5, 5.41) is 19.2. The van der Waals surface area contributed by atoms with Crippen molar-refractivity contribution in [3.63, 3.8) is 0 Å². The number of amides is 2. The van der Waals surface area contributed by atoms with E-state index in [4.69, 9.17) is 0 Å². The van der Waals surface area contributed by atoms with Gasteiger partial charge in [0.1, 0.15) is 12.3 Å². The lowest BCUT2D eigenvalue weighted by molar-refractivity contribution is -0.123. The number of nitrogens with one attached hydrogen (secondary N) is 1. The molecule has 1 saturated heterocycles. The maximum atomic E-state index is 13.1. The molecule has 0 saturated carbocycles. The molecule has 36 heavy (non-hydrogen) atoms. The molecule has 188 valence electrons. The molecule has 1 aromatic heterocycles. The van der Waals surface area contributed by atoms with Gasteiger partial charge in [-0.2, -0.15) is 13.2 Å². The zero-order chi connectivity index (χ0) is 25.9. The number of aromatic nitrogens is 2. The van der Waals surface area contributed by atoms with E-state index in [1.165, 1.54) is 12.1 Å². The quantitative estimate of drug-likeness (QED) is 0.558. The SMILES string of the molecule is Cc1cc(C(=O)N2CCN(c3ccc(C(=O)NCC(F)(F)F)nn3)CC2)ccc1-c1cccc(O)c1. The van der Waals surface area contributed by atoms with E-state index < -0.39 is 18.6 Å². The van der Waals surface area contributed by atoms with Gasteiger partial charge in [-0.1, -0.05) is 18.2 Å². The number of phenolic OH excluding ortho intramolecular Hbond substituents is 1. The Balaban J connectivity index is 1.35. The number of anilines is 1. The molecular formula is C25H24F3N5O3. The number of hydrogen-bond acceptors (Lipinski definition) is 6. The third-order valence-electron chi connectivity index (χ3n) is 5.85. The fraction of sp³-hybridized carbons (Fsp3) is 0.280. The molecule has 0 aliphatic carbocycles. The fourth-order valence-electron chi connectivity index (χ4n) is 4.00. The van der Waals surface area contributed by atoms with Crippen molar-refractivity contribution < 1.29 is 27.9 Å². The zero-order valence-electron chi connectivity index (χ0n) is 19.4. The van der Waals surface area contributed by atoms with Crippen molar-refractivity contribution in [3.05, 3.63) is 71.4 Å². The van der Waals surface area contributed by atoms with Crippen LogP contribution in [0.1, 0.15) is 26.4 Å². The van der Waals surface area contributed by atoms with Crippen LogP contribution in [0.2, 0.25) is 0 Å². The monoisotopic (exact) mass is 499 g/mol. The van der Waals surface area contributed by atoms with Crippen LogP contribution >= 0.6 is 0 Å². The van der Waals surface area contributed by atoms with E-state index in [0.717, 1.165) is 16.7 Å². The summed E-state index contributed by atoms with van der Waals surface area (Å²) in [6, 6.07) is 15.3. The predicted molar refractivity (Wildman–Crippen MR) is 127 cm³/mol. The minimum Gasteiger partial charge on any atom is -0.508 e. The first kappa shape index (κ1) is 25.0. The van der Waals surface area contributed by atoms with Gasteiger partial charge in [-0.05, 0) is 60.0 Å². The van der Waals surface area contributed by atoms with Crippen LogP contribution in [0.5, 0.6) is 5.75 Å². The third-order valence-corrected chi connectivity index (χ3v) is 5.85. The molecule has 1 aliphatic rings. The summed E-state index contributed by atoms with van der Waals surface area (Å²) in [6.07, 6.45) is -4.51. The Kier molecular flexibility index (Phi) is 7.09. The Labute approximate surface area is 205 Å².